The van der Waals surface area contributed by atoms with E-state index in [4.69, 9.17) is 10.2 Å². The predicted octanol–water partition coefficient (Wildman–Crippen LogP) is 1.26. The quantitative estimate of drug-likeness (QED) is 0.916. The second-order valence-corrected chi connectivity index (χ2v) is 5.72. The van der Waals surface area contributed by atoms with Gasteiger partial charge in [-0.1, -0.05) is 19.1 Å². The molecule has 3 rings (SSSR count). The fourth-order valence-electron chi connectivity index (χ4n) is 2.92. The molecule has 0 radical (unpaired) electrons. The second-order valence-electron chi connectivity index (χ2n) is 5.72. The van der Waals surface area contributed by atoms with Gasteiger partial charge in [0, 0.05) is 25.7 Å². The zero-order valence-electron chi connectivity index (χ0n) is 11.8. The number of oxazole rings is 1. The van der Waals surface area contributed by atoms with E-state index < -0.39 is 0 Å². The molecule has 0 saturated carbocycles. The molecule has 0 bridgehead atoms. The maximum atomic E-state index is 11.9. The molecule has 2 N–H and O–H groups in total. The zero-order chi connectivity index (χ0) is 14.1. The van der Waals surface area contributed by atoms with Crippen molar-refractivity contribution in [3.8, 4) is 0 Å². The summed E-state index contributed by atoms with van der Waals surface area (Å²) in [5, 5.41) is 0. The topological polar surface area (TPSA) is 64.4 Å². The van der Waals surface area contributed by atoms with Gasteiger partial charge in [-0.15, -0.1) is 0 Å². The molecule has 1 aromatic carbocycles. The highest BCUT2D eigenvalue weighted by atomic mass is 16.4. The molecular weight excluding hydrogens is 254 g/mol. The Bertz CT molecular complexity index is 646. The Labute approximate surface area is 118 Å². The zero-order valence-corrected chi connectivity index (χ0v) is 11.8. The normalized spacial score (nSPS) is 24.3. The largest absolute Gasteiger partial charge is 0.419 e. The van der Waals surface area contributed by atoms with E-state index in [9.17, 15) is 4.79 Å². The third-order valence-electron chi connectivity index (χ3n) is 4.27. The summed E-state index contributed by atoms with van der Waals surface area (Å²) in [6.07, 6.45) is 1.03. The summed E-state index contributed by atoms with van der Waals surface area (Å²) in [7, 11) is 0. The first-order valence-electron chi connectivity index (χ1n) is 7.21. The molecule has 0 aliphatic carbocycles. The predicted molar refractivity (Wildman–Crippen MR) is 78.7 cm³/mol. The van der Waals surface area contributed by atoms with E-state index >= 15 is 0 Å². The summed E-state index contributed by atoms with van der Waals surface area (Å²) in [4.78, 5) is 14.3. The Morgan fingerprint density at radius 1 is 1.35 bits per heavy atom. The molecule has 108 valence electrons. The average molecular weight is 275 g/mol. The van der Waals surface area contributed by atoms with Gasteiger partial charge in [-0.25, -0.2) is 4.79 Å². The van der Waals surface area contributed by atoms with Gasteiger partial charge in [0.25, 0.3) is 0 Å². The van der Waals surface area contributed by atoms with Crippen LogP contribution in [0.15, 0.2) is 33.5 Å². The van der Waals surface area contributed by atoms with Gasteiger partial charge >= 0.3 is 5.76 Å². The van der Waals surface area contributed by atoms with E-state index in [2.05, 4.69) is 11.8 Å². The summed E-state index contributed by atoms with van der Waals surface area (Å²) >= 11 is 0. The highest BCUT2D eigenvalue weighted by Gasteiger charge is 2.23. The van der Waals surface area contributed by atoms with Crippen LogP contribution in [0.5, 0.6) is 0 Å². The van der Waals surface area contributed by atoms with Gasteiger partial charge in [0.05, 0.1) is 5.52 Å². The Hall–Kier alpha value is -1.59. The van der Waals surface area contributed by atoms with Crippen LogP contribution in [0.25, 0.3) is 11.1 Å². The molecule has 5 heteroatoms. The maximum Gasteiger partial charge on any atom is 0.419 e. The Kier molecular flexibility index (Phi) is 3.63. The minimum Gasteiger partial charge on any atom is -0.408 e. The third-order valence-corrected chi connectivity index (χ3v) is 4.27. The number of fused-ring (bicyclic) bond motifs is 1. The fraction of sp³-hybridized carbons (Fsp3) is 0.533. The number of nitrogens with two attached hydrogens (primary N) is 1. The van der Waals surface area contributed by atoms with Gasteiger partial charge in [-0.2, -0.15) is 0 Å². The number of hydrogen-bond acceptors (Lipinski definition) is 4. The number of benzene rings is 1. The van der Waals surface area contributed by atoms with Crippen LogP contribution in [0.2, 0.25) is 0 Å². The van der Waals surface area contributed by atoms with Crippen molar-refractivity contribution in [1.29, 1.82) is 0 Å². The van der Waals surface area contributed by atoms with E-state index in [1.807, 2.05) is 24.3 Å². The summed E-state index contributed by atoms with van der Waals surface area (Å²) in [5.74, 6) is 0.245. The van der Waals surface area contributed by atoms with Crippen molar-refractivity contribution in [1.82, 2.24) is 9.47 Å². The van der Waals surface area contributed by atoms with Crippen LogP contribution < -0.4 is 11.5 Å². The maximum absolute atomic E-state index is 11.9. The van der Waals surface area contributed by atoms with Crippen molar-refractivity contribution in [2.75, 3.05) is 19.6 Å². The summed E-state index contributed by atoms with van der Waals surface area (Å²) < 4.78 is 6.96. The van der Waals surface area contributed by atoms with Crippen molar-refractivity contribution in [2.24, 2.45) is 11.7 Å². The lowest BCUT2D eigenvalue weighted by Gasteiger charge is -2.34. The molecule has 1 saturated heterocycles. The molecule has 1 aromatic heterocycles. The van der Waals surface area contributed by atoms with E-state index in [-0.39, 0.29) is 5.76 Å². The monoisotopic (exact) mass is 275 g/mol. The van der Waals surface area contributed by atoms with E-state index in [0.717, 1.165) is 31.6 Å². The average Bonchev–Trinajstić information content (AvgIpc) is 2.76. The molecule has 5 nitrogen and oxygen atoms in total. The molecule has 0 amide bonds. The SMILES string of the molecule is CC1CN(CCn2c(=O)oc3ccccc32)CCC1N. The van der Waals surface area contributed by atoms with Crippen LogP contribution >= 0.6 is 0 Å². The van der Waals surface area contributed by atoms with E-state index in [0.29, 0.717) is 24.1 Å². The number of likely N-dealkylation sites (tertiary alicyclic amines) is 1. The van der Waals surface area contributed by atoms with Gasteiger partial charge in [0.15, 0.2) is 5.58 Å². The van der Waals surface area contributed by atoms with Gasteiger partial charge in [-0.05, 0) is 31.0 Å². The minimum atomic E-state index is -0.270. The van der Waals surface area contributed by atoms with Crippen LogP contribution in [0.3, 0.4) is 0 Å². The van der Waals surface area contributed by atoms with Crippen molar-refractivity contribution in [3.05, 3.63) is 34.8 Å². The van der Waals surface area contributed by atoms with Crippen LogP contribution in [0.1, 0.15) is 13.3 Å². The van der Waals surface area contributed by atoms with Crippen LogP contribution in [0, 0.1) is 5.92 Å². The van der Waals surface area contributed by atoms with Crippen molar-refractivity contribution in [3.63, 3.8) is 0 Å². The number of aromatic nitrogens is 1. The lowest BCUT2D eigenvalue weighted by atomic mass is 9.95. The fourth-order valence-corrected chi connectivity index (χ4v) is 2.92. The molecule has 1 aliphatic heterocycles. The minimum absolute atomic E-state index is 0.270. The number of nitrogens with zero attached hydrogens (tertiary/aromatic N) is 2. The second kappa shape index (κ2) is 5.42. The van der Waals surface area contributed by atoms with Crippen LogP contribution in [-0.4, -0.2) is 35.1 Å². The molecule has 20 heavy (non-hydrogen) atoms. The highest BCUT2D eigenvalue weighted by molar-refractivity contribution is 5.72. The lowest BCUT2D eigenvalue weighted by Crippen LogP contribution is -2.46. The first-order chi connectivity index (χ1) is 9.65. The van der Waals surface area contributed by atoms with Gasteiger partial charge in [0.2, 0.25) is 0 Å². The highest BCUT2D eigenvalue weighted by Crippen LogP contribution is 2.16. The smallest absolute Gasteiger partial charge is 0.408 e. The van der Waals surface area contributed by atoms with Crippen molar-refractivity contribution in [2.45, 2.75) is 25.9 Å². The standard InChI is InChI=1S/C15H21N3O2/c1-11-10-17(7-6-12(11)16)8-9-18-13-4-2-3-5-14(13)20-15(18)19/h2-5,11-12H,6-10,16H2,1H3. The molecule has 2 heterocycles. The Balaban J connectivity index is 1.71. The van der Waals surface area contributed by atoms with Gasteiger partial charge < -0.3 is 15.1 Å². The first-order valence-corrected chi connectivity index (χ1v) is 7.21. The van der Waals surface area contributed by atoms with Gasteiger partial charge in [-0.3, -0.25) is 4.57 Å². The first kappa shape index (κ1) is 13.4. The number of para-hydroxylation sites is 2. The van der Waals surface area contributed by atoms with Gasteiger partial charge in [0.1, 0.15) is 0 Å². The van der Waals surface area contributed by atoms with Crippen LogP contribution in [-0.2, 0) is 6.54 Å². The number of piperidine rings is 1. The molecular formula is C15H21N3O2. The van der Waals surface area contributed by atoms with E-state index in [1.165, 1.54) is 0 Å². The summed E-state index contributed by atoms with van der Waals surface area (Å²) in [5.41, 5.74) is 7.57. The lowest BCUT2D eigenvalue weighted by molar-refractivity contribution is 0.159. The molecule has 0 spiro atoms. The molecule has 1 fully saturated rings. The third kappa shape index (κ3) is 2.51. The summed E-state index contributed by atoms with van der Waals surface area (Å²) in [6, 6.07) is 7.87. The van der Waals surface area contributed by atoms with E-state index in [1.54, 1.807) is 4.57 Å². The Morgan fingerprint density at radius 3 is 2.95 bits per heavy atom. The van der Waals surface area contributed by atoms with Crippen LogP contribution in [0.4, 0.5) is 0 Å². The van der Waals surface area contributed by atoms with Crippen molar-refractivity contribution >= 4 is 11.1 Å². The summed E-state index contributed by atoms with van der Waals surface area (Å²) in [6.45, 7) is 5.73. The molecule has 2 atom stereocenters. The van der Waals surface area contributed by atoms with Crippen molar-refractivity contribution < 1.29 is 4.42 Å². The molecule has 2 aromatic rings. The number of rotatable bonds is 3. The molecule has 1 aliphatic rings. The Morgan fingerprint density at radius 2 is 2.15 bits per heavy atom. The molecule has 2 unspecified atom stereocenters. The number of hydrogen-bond donors (Lipinski definition) is 1.